The van der Waals surface area contributed by atoms with E-state index in [1.807, 2.05) is 36.7 Å². The van der Waals surface area contributed by atoms with E-state index in [1.54, 1.807) is 29.7 Å². The van der Waals surface area contributed by atoms with Crippen LogP contribution in [-0.4, -0.2) is 49.6 Å². The average Bonchev–Trinajstić information content (AvgIpc) is 3.13. The Morgan fingerprint density at radius 1 is 1.15 bits per heavy atom. The molecule has 0 bridgehead atoms. The van der Waals surface area contributed by atoms with E-state index in [0.717, 1.165) is 11.0 Å². The van der Waals surface area contributed by atoms with Crippen molar-refractivity contribution in [2.24, 2.45) is 0 Å². The summed E-state index contributed by atoms with van der Waals surface area (Å²) in [6.07, 6.45) is 8.32. The molecular weight excluding hydrogens is 333 g/mol. The Morgan fingerprint density at radius 3 is 2.62 bits per heavy atom. The fourth-order valence-corrected chi connectivity index (χ4v) is 2.98. The lowest BCUT2D eigenvalue weighted by Gasteiger charge is -2.28. The van der Waals surface area contributed by atoms with Gasteiger partial charge in [-0.2, -0.15) is 0 Å². The number of likely N-dealkylation sites (tertiary alicyclic amines) is 1. The molecule has 0 radical (unpaired) electrons. The molecule has 0 aliphatic carbocycles. The summed E-state index contributed by atoms with van der Waals surface area (Å²) in [6.45, 7) is 4.91. The second kappa shape index (κ2) is 8.03. The Labute approximate surface area is 151 Å². The molecule has 0 N–H and O–H groups in total. The number of pyridine rings is 1. The minimum Gasteiger partial charge on any atom is -0.338 e. The van der Waals surface area contributed by atoms with E-state index < -0.39 is 6.17 Å². The first-order chi connectivity index (χ1) is 12.7. The highest BCUT2D eigenvalue weighted by molar-refractivity contribution is 5.97. The van der Waals surface area contributed by atoms with Crippen molar-refractivity contribution in [3.05, 3.63) is 48.7 Å². The van der Waals surface area contributed by atoms with Crippen molar-refractivity contribution in [2.75, 3.05) is 13.1 Å². The molecule has 7 heteroatoms. The van der Waals surface area contributed by atoms with Crippen molar-refractivity contribution >= 4 is 16.9 Å². The second-order valence-corrected chi connectivity index (χ2v) is 5.85. The van der Waals surface area contributed by atoms with Crippen LogP contribution < -0.4 is 0 Å². The van der Waals surface area contributed by atoms with Gasteiger partial charge in [-0.1, -0.05) is 13.8 Å². The van der Waals surface area contributed by atoms with Crippen molar-refractivity contribution in [3.63, 3.8) is 0 Å². The van der Waals surface area contributed by atoms with Crippen LogP contribution in [0.5, 0.6) is 0 Å². The number of piperidine rings is 1. The molecular formula is C19H22FN5O. The number of fused-ring (bicyclic) bond motifs is 1. The molecule has 6 nitrogen and oxygen atoms in total. The van der Waals surface area contributed by atoms with Crippen molar-refractivity contribution in [1.29, 1.82) is 0 Å². The van der Waals surface area contributed by atoms with Gasteiger partial charge in [0.05, 0.1) is 11.8 Å². The van der Waals surface area contributed by atoms with Gasteiger partial charge in [-0.3, -0.25) is 14.3 Å². The molecule has 4 rings (SSSR count). The normalized spacial score (nSPS) is 14.8. The molecule has 3 aromatic rings. The number of amides is 1. The number of alkyl halides is 1. The molecule has 0 saturated carbocycles. The maximum absolute atomic E-state index is 13.2. The summed E-state index contributed by atoms with van der Waals surface area (Å²) in [5.74, 6) is 0.577. The standard InChI is InChI=1S/C17H16FN5O.C2H6/c18-14-2-6-22(7-3-14)17(24)13-9-12-1-8-23(16(12)21-10-13)15-11-19-4-5-20-15;1-2/h1,4-5,8-11,14H,2-3,6-7H2;1-2H3. The molecule has 1 amide bonds. The molecule has 3 aromatic heterocycles. The minimum absolute atomic E-state index is 0.0939. The van der Waals surface area contributed by atoms with Crippen LogP contribution in [0.25, 0.3) is 16.9 Å². The van der Waals surface area contributed by atoms with Crippen LogP contribution in [0.1, 0.15) is 37.0 Å². The molecule has 1 aliphatic heterocycles. The monoisotopic (exact) mass is 355 g/mol. The van der Waals surface area contributed by atoms with Gasteiger partial charge in [0.2, 0.25) is 0 Å². The van der Waals surface area contributed by atoms with Crippen molar-refractivity contribution in [1.82, 2.24) is 24.4 Å². The third-order valence-corrected chi connectivity index (χ3v) is 4.28. The zero-order valence-electron chi connectivity index (χ0n) is 15.0. The molecule has 4 heterocycles. The number of halogens is 1. The Hall–Kier alpha value is -2.83. The zero-order valence-corrected chi connectivity index (χ0v) is 15.0. The highest BCUT2D eigenvalue weighted by Gasteiger charge is 2.23. The van der Waals surface area contributed by atoms with Gasteiger partial charge in [0, 0.05) is 43.3 Å². The fraction of sp³-hybridized carbons (Fsp3) is 0.368. The van der Waals surface area contributed by atoms with Crippen LogP contribution in [0.2, 0.25) is 0 Å². The van der Waals surface area contributed by atoms with Crippen LogP contribution >= 0.6 is 0 Å². The lowest BCUT2D eigenvalue weighted by molar-refractivity contribution is 0.0667. The van der Waals surface area contributed by atoms with Gasteiger partial charge in [-0.25, -0.2) is 14.4 Å². The summed E-state index contributed by atoms with van der Waals surface area (Å²) in [5.41, 5.74) is 1.24. The number of rotatable bonds is 2. The van der Waals surface area contributed by atoms with Gasteiger partial charge in [0.15, 0.2) is 5.82 Å². The first kappa shape index (κ1) is 18.0. The van der Waals surface area contributed by atoms with E-state index in [2.05, 4.69) is 15.0 Å². The summed E-state index contributed by atoms with van der Waals surface area (Å²) in [7, 11) is 0. The van der Waals surface area contributed by atoms with E-state index in [-0.39, 0.29) is 5.91 Å². The summed E-state index contributed by atoms with van der Waals surface area (Å²) in [4.78, 5) is 27.0. The molecule has 0 spiro atoms. The van der Waals surface area contributed by atoms with E-state index in [1.165, 1.54) is 0 Å². The summed E-state index contributed by atoms with van der Waals surface area (Å²) >= 11 is 0. The van der Waals surface area contributed by atoms with Gasteiger partial charge in [-0.15, -0.1) is 0 Å². The van der Waals surface area contributed by atoms with Crippen LogP contribution in [0.15, 0.2) is 43.1 Å². The van der Waals surface area contributed by atoms with Crippen LogP contribution in [0.3, 0.4) is 0 Å². The summed E-state index contributed by atoms with van der Waals surface area (Å²) in [6, 6.07) is 3.71. The summed E-state index contributed by atoms with van der Waals surface area (Å²) in [5, 5.41) is 0.854. The van der Waals surface area contributed by atoms with Gasteiger partial charge < -0.3 is 4.90 Å². The molecule has 1 fully saturated rings. The number of carbonyl (C=O) groups is 1. The lowest BCUT2D eigenvalue weighted by atomic mass is 10.1. The third-order valence-electron chi connectivity index (χ3n) is 4.28. The molecule has 0 unspecified atom stereocenters. The van der Waals surface area contributed by atoms with E-state index in [4.69, 9.17) is 0 Å². The maximum atomic E-state index is 13.2. The van der Waals surface area contributed by atoms with Crippen molar-refractivity contribution in [3.8, 4) is 5.82 Å². The smallest absolute Gasteiger partial charge is 0.255 e. The molecule has 26 heavy (non-hydrogen) atoms. The summed E-state index contributed by atoms with van der Waals surface area (Å²) < 4.78 is 15.1. The molecule has 0 aromatic carbocycles. The van der Waals surface area contributed by atoms with E-state index >= 15 is 0 Å². The fourth-order valence-electron chi connectivity index (χ4n) is 2.98. The number of carbonyl (C=O) groups excluding carboxylic acids is 1. The first-order valence-corrected chi connectivity index (χ1v) is 8.89. The number of hydrogen-bond acceptors (Lipinski definition) is 4. The van der Waals surface area contributed by atoms with Gasteiger partial charge >= 0.3 is 0 Å². The van der Waals surface area contributed by atoms with Crippen LogP contribution in [0.4, 0.5) is 4.39 Å². The number of nitrogens with zero attached hydrogens (tertiary/aromatic N) is 5. The maximum Gasteiger partial charge on any atom is 0.255 e. The van der Waals surface area contributed by atoms with Crippen LogP contribution in [0, 0.1) is 0 Å². The topological polar surface area (TPSA) is 63.9 Å². The Balaban J connectivity index is 0.000000948. The van der Waals surface area contributed by atoms with E-state index in [0.29, 0.717) is 37.3 Å². The first-order valence-electron chi connectivity index (χ1n) is 8.89. The highest BCUT2D eigenvalue weighted by Crippen LogP contribution is 2.20. The largest absolute Gasteiger partial charge is 0.338 e. The minimum atomic E-state index is -0.796. The van der Waals surface area contributed by atoms with Crippen molar-refractivity contribution < 1.29 is 9.18 Å². The predicted octanol–water partition coefficient (Wildman–Crippen LogP) is 3.42. The highest BCUT2D eigenvalue weighted by atomic mass is 19.1. The average molecular weight is 355 g/mol. The molecule has 1 aliphatic rings. The van der Waals surface area contributed by atoms with Gasteiger partial charge in [-0.05, 0) is 25.0 Å². The van der Waals surface area contributed by atoms with Crippen molar-refractivity contribution in [2.45, 2.75) is 32.9 Å². The molecule has 136 valence electrons. The Morgan fingerprint density at radius 2 is 1.92 bits per heavy atom. The molecule has 0 atom stereocenters. The molecule has 1 saturated heterocycles. The number of hydrogen-bond donors (Lipinski definition) is 0. The Kier molecular flexibility index (Phi) is 5.55. The SMILES string of the molecule is CC.O=C(c1cnc2c(ccn2-c2cnccn2)c1)N1CCC(F)CC1. The van der Waals surface area contributed by atoms with E-state index in [9.17, 15) is 9.18 Å². The lowest BCUT2D eigenvalue weighted by Crippen LogP contribution is -2.39. The predicted molar refractivity (Wildman–Crippen MR) is 98.0 cm³/mol. The van der Waals surface area contributed by atoms with Gasteiger partial charge in [0.1, 0.15) is 11.8 Å². The van der Waals surface area contributed by atoms with Gasteiger partial charge in [0.25, 0.3) is 5.91 Å². The number of aromatic nitrogens is 4. The van der Waals surface area contributed by atoms with Crippen LogP contribution in [-0.2, 0) is 0 Å². The third kappa shape index (κ3) is 3.56. The Bertz CT molecular complexity index is 872. The second-order valence-electron chi connectivity index (χ2n) is 5.85. The quantitative estimate of drug-likeness (QED) is 0.707. The zero-order chi connectivity index (χ0) is 18.5.